The van der Waals surface area contributed by atoms with E-state index in [1.54, 1.807) is 24.5 Å². The number of carbonyl (C=O) groups is 2. The standard InChI is InChI=1S/C22H24N4O2/c1-14-15(2)24-20-4-3-17(13-19(14)20)21(27)25-18-7-11-26(12-8-18)22(28)16-5-9-23-10-6-16/h3-6,9-10,13,18,24H,7-8,11-12H2,1-2H3,(H,25,27). The fraction of sp³-hybridized carbons (Fsp3) is 0.318. The lowest BCUT2D eigenvalue weighted by Gasteiger charge is -2.32. The van der Waals surface area contributed by atoms with Crippen molar-refractivity contribution in [1.82, 2.24) is 20.2 Å². The van der Waals surface area contributed by atoms with Gasteiger partial charge in [0.2, 0.25) is 0 Å². The molecule has 3 heterocycles. The fourth-order valence-corrected chi connectivity index (χ4v) is 3.78. The van der Waals surface area contributed by atoms with Crippen LogP contribution in [-0.4, -0.2) is 45.8 Å². The summed E-state index contributed by atoms with van der Waals surface area (Å²) in [6, 6.07) is 9.31. The predicted octanol–water partition coefficient (Wildman–Crippen LogP) is 3.21. The number of amides is 2. The van der Waals surface area contributed by atoms with Gasteiger partial charge < -0.3 is 15.2 Å². The Bertz CT molecular complexity index is 1020. The first-order valence-corrected chi connectivity index (χ1v) is 9.62. The second kappa shape index (κ2) is 7.46. The van der Waals surface area contributed by atoms with Gasteiger partial charge >= 0.3 is 0 Å². The number of aromatic amines is 1. The molecule has 0 radical (unpaired) electrons. The zero-order chi connectivity index (χ0) is 19.7. The topological polar surface area (TPSA) is 78.1 Å². The minimum atomic E-state index is -0.0564. The van der Waals surface area contributed by atoms with E-state index in [1.165, 1.54) is 5.56 Å². The molecule has 2 amide bonds. The van der Waals surface area contributed by atoms with Gasteiger partial charge in [0, 0.05) is 59.2 Å². The number of hydrogen-bond acceptors (Lipinski definition) is 3. The van der Waals surface area contributed by atoms with E-state index in [0.29, 0.717) is 24.2 Å². The second-order valence-corrected chi connectivity index (χ2v) is 7.41. The number of carbonyl (C=O) groups excluding carboxylic acids is 2. The molecule has 6 heteroatoms. The van der Waals surface area contributed by atoms with Crippen LogP contribution in [-0.2, 0) is 0 Å². The van der Waals surface area contributed by atoms with Gasteiger partial charge in [-0.05, 0) is 62.6 Å². The molecule has 0 bridgehead atoms. The molecule has 6 nitrogen and oxygen atoms in total. The molecular formula is C22H24N4O2. The van der Waals surface area contributed by atoms with Gasteiger partial charge in [0.1, 0.15) is 0 Å². The monoisotopic (exact) mass is 376 g/mol. The van der Waals surface area contributed by atoms with Gasteiger partial charge in [0.05, 0.1) is 0 Å². The van der Waals surface area contributed by atoms with Crippen LogP contribution < -0.4 is 5.32 Å². The highest BCUT2D eigenvalue weighted by Crippen LogP contribution is 2.23. The summed E-state index contributed by atoms with van der Waals surface area (Å²) in [4.78, 5) is 34.3. The maximum Gasteiger partial charge on any atom is 0.253 e. The highest BCUT2D eigenvalue weighted by molar-refractivity contribution is 5.99. The van der Waals surface area contributed by atoms with E-state index in [0.717, 1.165) is 29.4 Å². The van der Waals surface area contributed by atoms with Gasteiger partial charge in [-0.25, -0.2) is 0 Å². The summed E-state index contributed by atoms with van der Waals surface area (Å²) in [5, 5.41) is 4.21. The van der Waals surface area contributed by atoms with Crippen LogP contribution in [0.1, 0.15) is 44.8 Å². The summed E-state index contributed by atoms with van der Waals surface area (Å²) in [5.74, 6) is -0.0324. The number of aryl methyl sites for hydroxylation is 2. The molecule has 2 N–H and O–H groups in total. The normalized spacial score (nSPS) is 15.0. The van der Waals surface area contributed by atoms with Gasteiger partial charge in [-0.2, -0.15) is 0 Å². The van der Waals surface area contributed by atoms with E-state index in [4.69, 9.17) is 0 Å². The van der Waals surface area contributed by atoms with E-state index in [9.17, 15) is 9.59 Å². The lowest BCUT2D eigenvalue weighted by Crippen LogP contribution is -2.46. The number of nitrogens with one attached hydrogen (secondary N) is 2. The first-order chi connectivity index (χ1) is 13.5. The van der Waals surface area contributed by atoms with Crippen LogP contribution in [0.2, 0.25) is 0 Å². The summed E-state index contributed by atoms with van der Waals surface area (Å²) in [6.45, 7) is 5.38. The zero-order valence-electron chi connectivity index (χ0n) is 16.2. The smallest absolute Gasteiger partial charge is 0.253 e. The van der Waals surface area contributed by atoms with Crippen LogP contribution in [0.3, 0.4) is 0 Å². The van der Waals surface area contributed by atoms with Crippen LogP contribution in [0.15, 0.2) is 42.7 Å². The van der Waals surface area contributed by atoms with E-state index >= 15 is 0 Å². The van der Waals surface area contributed by atoms with E-state index in [1.807, 2.05) is 30.0 Å². The molecule has 1 fully saturated rings. The number of H-pyrrole nitrogens is 1. The number of piperidine rings is 1. The molecule has 1 aliphatic rings. The highest BCUT2D eigenvalue weighted by atomic mass is 16.2. The third-order valence-electron chi connectivity index (χ3n) is 5.62. The molecule has 1 saturated heterocycles. The Morgan fingerprint density at radius 3 is 2.50 bits per heavy atom. The molecule has 1 aromatic carbocycles. The molecule has 3 aromatic rings. The molecule has 0 spiro atoms. The van der Waals surface area contributed by atoms with Crippen LogP contribution in [0.5, 0.6) is 0 Å². The van der Waals surface area contributed by atoms with Crippen LogP contribution in [0, 0.1) is 13.8 Å². The molecule has 1 aliphatic heterocycles. The maximum absolute atomic E-state index is 12.7. The van der Waals surface area contributed by atoms with Gasteiger partial charge in [-0.1, -0.05) is 0 Å². The lowest BCUT2D eigenvalue weighted by atomic mass is 10.0. The number of likely N-dealkylation sites (tertiary alicyclic amines) is 1. The molecule has 28 heavy (non-hydrogen) atoms. The Morgan fingerprint density at radius 1 is 1.07 bits per heavy atom. The average molecular weight is 376 g/mol. The molecule has 144 valence electrons. The minimum Gasteiger partial charge on any atom is -0.358 e. The molecular weight excluding hydrogens is 352 g/mol. The Balaban J connectivity index is 1.37. The summed E-state index contributed by atoms with van der Waals surface area (Å²) < 4.78 is 0. The number of nitrogens with zero attached hydrogens (tertiary/aromatic N) is 2. The van der Waals surface area contributed by atoms with E-state index in [2.05, 4.69) is 22.2 Å². The Kier molecular flexibility index (Phi) is 4.86. The highest BCUT2D eigenvalue weighted by Gasteiger charge is 2.25. The lowest BCUT2D eigenvalue weighted by molar-refractivity contribution is 0.0698. The van der Waals surface area contributed by atoms with Crippen molar-refractivity contribution in [3.05, 3.63) is 65.1 Å². The van der Waals surface area contributed by atoms with Gasteiger partial charge in [0.25, 0.3) is 11.8 Å². The van der Waals surface area contributed by atoms with Crippen molar-refractivity contribution in [3.8, 4) is 0 Å². The van der Waals surface area contributed by atoms with Crippen LogP contribution >= 0.6 is 0 Å². The SMILES string of the molecule is Cc1[nH]c2ccc(C(=O)NC3CCN(C(=O)c4ccncc4)CC3)cc2c1C. The predicted molar refractivity (Wildman–Crippen MR) is 108 cm³/mol. The number of hydrogen-bond donors (Lipinski definition) is 2. The summed E-state index contributed by atoms with van der Waals surface area (Å²) in [7, 11) is 0. The van der Waals surface area contributed by atoms with Gasteiger partial charge in [0.15, 0.2) is 0 Å². The molecule has 0 atom stereocenters. The molecule has 0 saturated carbocycles. The molecule has 0 aliphatic carbocycles. The van der Waals surface area contributed by atoms with Crippen molar-refractivity contribution in [3.63, 3.8) is 0 Å². The van der Waals surface area contributed by atoms with Crippen LogP contribution in [0.4, 0.5) is 0 Å². The molecule has 4 rings (SSSR count). The van der Waals surface area contributed by atoms with Gasteiger partial charge in [-0.15, -0.1) is 0 Å². The summed E-state index contributed by atoms with van der Waals surface area (Å²) in [6.07, 6.45) is 4.77. The number of aromatic nitrogens is 2. The number of rotatable bonds is 3. The number of pyridine rings is 1. The first-order valence-electron chi connectivity index (χ1n) is 9.62. The third-order valence-corrected chi connectivity index (χ3v) is 5.62. The number of benzene rings is 1. The van der Waals surface area contributed by atoms with Crippen molar-refractivity contribution in [2.75, 3.05) is 13.1 Å². The van der Waals surface area contributed by atoms with Crippen molar-refractivity contribution in [2.24, 2.45) is 0 Å². The first kappa shape index (κ1) is 18.2. The zero-order valence-corrected chi connectivity index (χ0v) is 16.2. The summed E-state index contributed by atoms with van der Waals surface area (Å²) >= 11 is 0. The largest absolute Gasteiger partial charge is 0.358 e. The van der Waals surface area contributed by atoms with Crippen LogP contribution in [0.25, 0.3) is 10.9 Å². The Morgan fingerprint density at radius 2 is 1.79 bits per heavy atom. The molecule has 0 unspecified atom stereocenters. The van der Waals surface area contributed by atoms with Gasteiger partial charge in [-0.3, -0.25) is 14.6 Å². The fourth-order valence-electron chi connectivity index (χ4n) is 3.78. The van der Waals surface area contributed by atoms with E-state index < -0.39 is 0 Å². The Labute approximate surface area is 164 Å². The average Bonchev–Trinajstić information content (AvgIpc) is 3.02. The number of fused-ring (bicyclic) bond motifs is 1. The quantitative estimate of drug-likeness (QED) is 0.737. The summed E-state index contributed by atoms with van der Waals surface area (Å²) in [5.41, 5.74) is 4.67. The van der Waals surface area contributed by atoms with Crippen molar-refractivity contribution in [2.45, 2.75) is 32.7 Å². The second-order valence-electron chi connectivity index (χ2n) is 7.41. The Hall–Kier alpha value is -3.15. The third kappa shape index (κ3) is 3.50. The van der Waals surface area contributed by atoms with Crippen molar-refractivity contribution in [1.29, 1.82) is 0 Å². The molecule has 2 aromatic heterocycles. The van der Waals surface area contributed by atoms with Crippen molar-refractivity contribution >= 4 is 22.7 Å². The van der Waals surface area contributed by atoms with E-state index in [-0.39, 0.29) is 17.9 Å². The van der Waals surface area contributed by atoms with Crippen molar-refractivity contribution < 1.29 is 9.59 Å². The minimum absolute atomic E-state index is 0.0240. The maximum atomic E-state index is 12.7.